The molecule has 2 aromatic rings. The van der Waals surface area contributed by atoms with E-state index in [1.807, 2.05) is 35.7 Å². The van der Waals surface area contributed by atoms with Gasteiger partial charge in [-0.2, -0.15) is 0 Å². The minimum Gasteiger partial charge on any atom is -0.481 e. The molecule has 0 saturated carbocycles. The third-order valence-electron chi connectivity index (χ3n) is 5.45. The van der Waals surface area contributed by atoms with E-state index >= 15 is 0 Å². The molecule has 4 rings (SSSR count). The normalized spacial score (nSPS) is 26.0. The number of carboxylic acid groups (broad SMARTS) is 1. The maximum absolute atomic E-state index is 12.8. The Morgan fingerprint density at radius 3 is 3.04 bits per heavy atom. The van der Waals surface area contributed by atoms with Crippen molar-refractivity contribution in [2.75, 3.05) is 26.2 Å². The molecule has 2 aliphatic rings. The molecule has 2 aromatic heterocycles. The Morgan fingerprint density at radius 2 is 2.29 bits per heavy atom. The Balaban J connectivity index is 1.57. The number of nitrogens with zero attached hydrogens (tertiary/aromatic N) is 3. The molecule has 2 fully saturated rings. The Labute approximate surface area is 139 Å². The standard InChI is InChI=1S/C17H20N4O3/c1-11-13(21-5-3-2-4-14(21)19-11)6-15(22)20-8-12-7-18-9-17(12,10-20)16(23)24/h2-5,12,18H,6-10H2,1H3,(H,23,24)/t12-,17-/m0/s1. The Bertz CT molecular complexity index is 830. The van der Waals surface area contributed by atoms with Crippen LogP contribution in [0, 0.1) is 18.3 Å². The van der Waals surface area contributed by atoms with E-state index in [9.17, 15) is 14.7 Å². The zero-order valence-corrected chi connectivity index (χ0v) is 13.5. The van der Waals surface area contributed by atoms with Crippen LogP contribution >= 0.6 is 0 Å². The number of carbonyl (C=O) groups excluding carboxylic acids is 1. The minimum absolute atomic E-state index is 0.0118. The largest absolute Gasteiger partial charge is 0.481 e. The molecule has 7 heteroatoms. The average Bonchev–Trinajstić information content (AvgIpc) is 3.19. The van der Waals surface area contributed by atoms with E-state index in [0.29, 0.717) is 19.6 Å². The summed E-state index contributed by atoms with van der Waals surface area (Å²) in [6.07, 6.45) is 2.15. The number of aryl methyl sites for hydroxylation is 1. The third-order valence-corrected chi connectivity index (χ3v) is 5.45. The van der Waals surface area contributed by atoms with Gasteiger partial charge in [0.25, 0.3) is 0 Å². The van der Waals surface area contributed by atoms with Crippen molar-refractivity contribution in [3.8, 4) is 0 Å². The van der Waals surface area contributed by atoms with Gasteiger partial charge in [-0.3, -0.25) is 9.59 Å². The number of carboxylic acids is 1. The first-order valence-corrected chi connectivity index (χ1v) is 8.16. The van der Waals surface area contributed by atoms with E-state index in [-0.39, 0.29) is 24.8 Å². The van der Waals surface area contributed by atoms with Gasteiger partial charge in [0, 0.05) is 38.3 Å². The lowest BCUT2D eigenvalue weighted by atomic mass is 9.81. The molecular formula is C17H20N4O3. The summed E-state index contributed by atoms with van der Waals surface area (Å²) in [6.45, 7) is 3.79. The summed E-state index contributed by atoms with van der Waals surface area (Å²) in [7, 11) is 0. The molecule has 7 nitrogen and oxygen atoms in total. The van der Waals surface area contributed by atoms with Crippen molar-refractivity contribution < 1.29 is 14.7 Å². The van der Waals surface area contributed by atoms with E-state index < -0.39 is 11.4 Å². The van der Waals surface area contributed by atoms with Gasteiger partial charge in [-0.1, -0.05) is 6.07 Å². The summed E-state index contributed by atoms with van der Waals surface area (Å²) >= 11 is 0. The lowest BCUT2D eigenvalue weighted by Crippen LogP contribution is -2.41. The Morgan fingerprint density at radius 1 is 1.46 bits per heavy atom. The maximum Gasteiger partial charge on any atom is 0.313 e. The van der Waals surface area contributed by atoms with Gasteiger partial charge >= 0.3 is 5.97 Å². The lowest BCUT2D eigenvalue weighted by Gasteiger charge is -2.22. The van der Waals surface area contributed by atoms with Crippen molar-refractivity contribution in [2.45, 2.75) is 13.3 Å². The monoisotopic (exact) mass is 328 g/mol. The highest BCUT2D eigenvalue weighted by Gasteiger charge is 2.56. The van der Waals surface area contributed by atoms with Gasteiger partial charge < -0.3 is 19.7 Å². The van der Waals surface area contributed by atoms with Crippen molar-refractivity contribution in [1.29, 1.82) is 0 Å². The van der Waals surface area contributed by atoms with Crippen molar-refractivity contribution >= 4 is 17.5 Å². The predicted molar refractivity (Wildman–Crippen MR) is 86.6 cm³/mol. The zero-order valence-electron chi connectivity index (χ0n) is 13.5. The molecule has 24 heavy (non-hydrogen) atoms. The fourth-order valence-corrected chi connectivity index (χ4v) is 4.04. The van der Waals surface area contributed by atoms with Crippen LogP contribution in [0.25, 0.3) is 5.65 Å². The SMILES string of the molecule is Cc1nc2ccccn2c1CC(=O)N1C[C@@H]2CNC[C@]2(C(=O)O)C1. The van der Waals surface area contributed by atoms with Crippen LogP contribution in [0.1, 0.15) is 11.4 Å². The fourth-order valence-electron chi connectivity index (χ4n) is 4.04. The topological polar surface area (TPSA) is 86.9 Å². The molecule has 2 N–H and O–H groups in total. The van der Waals surface area contributed by atoms with Gasteiger partial charge in [-0.25, -0.2) is 4.98 Å². The van der Waals surface area contributed by atoms with Crippen LogP contribution in [0.3, 0.4) is 0 Å². The molecule has 2 atom stereocenters. The summed E-state index contributed by atoms with van der Waals surface area (Å²) in [5.41, 5.74) is 1.70. The second kappa shape index (κ2) is 5.31. The number of pyridine rings is 1. The number of rotatable bonds is 3. The first-order chi connectivity index (χ1) is 11.5. The number of aromatic nitrogens is 2. The van der Waals surface area contributed by atoms with E-state index in [2.05, 4.69) is 10.3 Å². The summed E-state index contributed by atoms with van der Waals surface area (Å²) in [4.78, 5) is 30.7. The van der Waals surface area contributed by atoms with E-state index in [1.54, 1.807) is 4.90 Å². The third kappa shape index (κ3) is 2.11. The van der Waals surface area contributed by atoms with Crippen LogP contribution < -0.4 is 5.32 Å². The van der Waals surface area contributed by atoms with Gasteiger partial charge in [-0.15, -0.1) is 0 Å². The molecule has 126 valence electrons. The second-order valence-electron chi connectivity index (χ2n) is 6.81. The summed E-state index contributed by atoms with van der Waals surface area (Å²) in [6, 6.07) is 5.73. The smallest absolute Gasteiger partial charge is 0.313 e. The van der Waals surface area contributed by atoms with Crippen molar-refractivity contribution in [1.82, 2.24) is 19.6 Å². The van der Waals surface area contributed by atoms with Gasteiger partial charge in [0.1, 0.15) is 11.1 Å². The maximum atomic E-state index is 12.8. The van der Waals surface area contributed by atoms with Crippen LogP contribution in [-0.4, -0.2) is 57.4 Å². The van der Waals surface area contributed by atoms with E-state index in [1.165, 1.54) is 0 Å². The van der Waals surface area contributed by atoms with Crippen LogP contribution in [-0.2, 0) is 16.0 Å². The first kappa shape index (κ1) is 15.1. The summed E-state index contributed by atoms with van der Waals surface area (Å²) in [5.74, 6) is -0.847. The molecule has 4 heterocycles. The number of carbonyl (C=O) groups is 2. The number of hydrogen-bond acceptors (Lipinski definition) is 4. The molecule has 0 spiro atoms. The highest BCUT2D eigenvalue weighted by molar-refractivity contribution is 5.83. The van der Waals surface area contributed by atoms with Gasteiger partial charge in [0.15, 0.2) is 0 Å². The summed E-state index contributed by atoms with van der Waals surface area (Å²) < 4.78 is 1.93. The average molecular weight is 328 g/mol. The molecule has 0 radical (unpaired) electrons. The number of hydrogen-bond donors (Lipinski definition) is 2. The van der Waals surface area contributed by atoms with Crippen molar-refractivity contribution in [2.24, 2.45) is 11.3 Å². The van der Waals surface area contributed by atoms with Gasteiger partial charge in [-0.05, 0) is 19.1 Å². The van der Waals surface area contributed by atoms with Crippen molar-refractivity contribution in [3.63, 3.8) is 0 Å². The minimum atomic E-state index is -0.829. The zero-order chi connectivity index (χ0) is 16.9. The molecular weight excluding hydrogens is 308 g/mol. The first-order valence-electron chi connectivity index (χ1n) is 8.16. The number of nitrogens with one attached hydrogen (secondary N) is 1. The van der Waals surface area contributed by atoms with Crippen LogP contribution in [0.15, 0.2) is 24.4 Å². The molecule has 0 aliphatic carbocycles. The fraction of sp³-hybridized carbons (Fsp3) is 0.471. The highest BCUT2D eigenvalue weighted by atomic mass is 16.4. The number of fused-ring (bicyclic) bond motifs is 2. The van der Waals surface area contributed by atoms with Crippen molar-refractivity contribution in [3.05, 3.63) is 35.8 Å². The number of imidazole rings is 1. The van der Waals surface area contributed by atoms with Crippen LogP contribution in [0.4, 0.5) is 0 Å². The van der Waals surface area contributed by atoms with Crippen LogP contribution in [0.5, 0.6) is 0 Å². The lowest BCUT2D eigenvalue weighted by molar-refractivity contribution is -0.148. The molecule has 0 bridgehead atoms. The predicted octanol–water partition coefficient (Wildman–Crippen LogP) is 0.318. The van der Waals surface area contributed by atoms with Crippen LogP contribution in [0.2, 0.25) is 0 Å². The molecule has 0 aromatic carbocycles. The number of amides is 1. The molecule has 0 unspecified atom stereocenters. The number of aliphatic carboxylic acids is 1. The Hall–Kier alpha value is -2.41. The summed E-state index contributed by atoms with van der Waals surface area (Å²) in [5, 5.41) is 12.8. The molecule has 1 amide bonds. The molecule has 2 aliphatic heterocycles. The van der Waals surface area contributed by atoms with E-state index in [4.69, 9.17) is 0 Å². The van der Waals surface area contributed by atoms with E-state index in [0.717, 1.165) is 17.0 Å². The van der Waals surface area contributed by atoms with Gasteiger partial charge in [0.2, 0.25) is 5.91 Å². The van der Waals surface area contributed by atoms with Gasteiger partial charge in [0.05, 0.1) is 17.8 Å². The molecule has 2 saturated heterocycles. The number of likely N-dealkylation sites (tertiary alicyclic amines) is 1. The Kier molecular flexibility index (Phi) is 3.35. The highest BCUT2D eigenvalue weighted by Crippen LogP contribution is 2.39. The quantitative estimate of drug-likeness (QED) is 0.847. The second-order valence-corrected chi connectivity index (χ2v) is 6.81.